The van der Waals surface area contributed by atoms with E-state index in [0.717, 1.165) is 0 Å². The minimum atomic E-state index is -3.64. The predicted octanol–water partition coefficient (Wildman–Crippen LogP) is 0.777. The van der Waals surface area contributed by atoms with E-state index in [9.17, 15) is 4.57 Å². The summed E-state index contributed by atoms with van der Waals surface area (Å²) in [5, 5.41) is 0. The van der Waals surface area contributed by atoms with Crippen molar-refractivity contribution in [3.63, 3.8) is 0 Å². The Hall–Kier alpha value is 0.580. The smallest absolute Gasteiger partial charge is 0.322 e. The van der Waals surface area contributed by atoms with Gasteiger partial charge in [-0.3, -0.25) is 4.57 Å². The summed E-state index contributed by atoms with van der Waals surface area (Å²) in [6.45, 7) is 1.75. The molecule has 0 fully saturated rings. The van der Waals surface area contributed by atoms with Gasteiger partial charge < -0.3 is 9.79 Å². The van der Waals surface area contributed by atoms with Crippen molar-refractivity contribution in [2.45, 2.75) is 6.92 Å². The molecule has 0 aliphatic heterocycles. The maximum absolute atomic E-state index is 9.94. The molecule has 44 valence electrons. The van der Waals surface area contributed by atoms with Crippen LogP contribution < -0.4 is 0 Å². The SMILES string of the molecule is CCPP(=O)(O)O. The van der Waals surface area contributed by atoms with Gasteiger partial charge in [-0.15, -0.1) is 0 Å². The van der Waals surface area contributed by atoms with Crippen LogP contribution in [0.25, 0.3) is 0 Å². The van der Waals surface area contributed by atoms with Crippen LogP contribution in [0.1, 0.15) is 6.92 Å². The van der Waals surface area contributed by atoms with E-state index in [4.69, 9.17) is 9.79 Å². The van der Waals surface area contributed by atoms with Gasteiger partial charge in [-0.05, 0) is 6.16 Å². The Morgan fingerprint density at radius 3 is 2.14 bits per heavy atom. The molecule has 7 heavy (non-hydrogen) atoms. The summed E-state index contributed by atoms with van der Waals surface area (Å²) in [4.78, 5) is 16.3. The van der Waals surface area contributed by atoms with Gasteiger partial charge in [0.05, 0.1) is 0 Å². The summed E-state index contributed by atoms with van der Waals surface area (Å²) >= 11 is 0. The molecule has 3 nitrogen and oxygen atoms in total. The molecule has 0 aromatic carbocycles. The molecule has 0 bridgehead atoms. The summed E-state index contributed by atoms with van der Waals surface area (Å²) in [7, 11) is -3.85. The fraction of sp³-hybridized carbons (Fsp3) is 1.00. The summed E-state index contributed by atoms with van der Waals surface area (Å²) in [6, 6.07) is 0. The van der Waals surface area contributed by atoms with Crippen molar-refractivity contribution in [3.05, 3.63) is 0 Å². The third kappa shape index (κ3) is 6.58. The van der Waals surface area contributed by atoms with Crippen LogP contribution >= 0.6 is 15.6 Å². The van der Waals surface area contributed by atoms with E-state index in [-0.39, 0.29) is 8.27 Å². The van der Waals surface area contributed by atoms with Crippen molar-refractivity contribution in [2.24, 2.45) is 0 Å². The van der Waals surface area contributed by atoms with Crippen molar-refractivity contribution in [3.8, 4) is 0 Å². The van der Waals surface area contributed by atoms with Gasteiger partial charge in [0.25, 0.3) is 0 Å². The third-order valence-electron chi connectivity index (χ3n) is 0.364. The maximum Gasteiger partial charge on any atom is 0.341 e. The quantitative estimate of drug-likeness (QED) is 0.560. The molecule has 0 aromatic rings. The summed E-state index contributed by atoms with van der Waals surface area (Å²) in [6.07, 6.45) is 0.574. The lowest BCUT2D eigenvalue weighted by atomic mass is 11.0. The first kappa shape index (κ1) is 7.58. The number of rotatable bonds is 2. The molecule has 0 saturated carbocycles. The van der Waals surface area contributed by atoms with Crippen LogP contribution in [-0.4, -0.2) is 15.9 Å². The monoisotopic (exact) mass is 142 g/mol. The zero-order chi connectivity index (χ0) is 5.91. The largest absolute Gasteiger partial charge is 0.341 e. The lowest BCUT2D eigenvalue weighted by molar-refractivity contribution is 0.396. The van der Waals surface area contributed by atoms with Crippen LogP contribution in [0.15, 0.2) is 0 Å². The average molecular weight is 142 g/mol. The number of hydrogen-bond donors (Lipinski definition) is 2. The Bertz CT molecular complexity index is 84.9. The molecule has 0 heterocycles. The first-order valence-electron chi connectivity index (χ1n) is 1.87. The van der Waals surface area contributed by atoms with Crippen LogP contribution in [0.2, 0.25) is 0 Å². The Kier molecular flexibility index (Phi) is 3.01. The third-order valence-corrected chi connectivity index (χ3v) is 3.28. The lowest BCUT2D eigenvalue weighted by Gasteiger charge is -1.96. The van der Waals surface area contributed by atoms with Crippen molar-refractivity contribution >= 4 is 15.6 Å². The maximum atomic E-state index is 9.94. The topological polar surface area (TPSA) is 57.5 Å². The minimum absolute atomic E-state index is 0.209. The molecule has 0 radical (unpaired) electrons. The van der Waals surface area contributed by atoms with Gasteiger partial charge in [0, 0.05) is 8.27 Å². The van der Waals surface area contributed by atoms with E-state index in [0.29, 0.717) is 6.16 Å². The molecule has 1 unspecified atom stereocenters. The van der Waals surface area contributed by atoms with E-state index in [1.165, 1.54) is 0 Å². The van der Waals surface area contributed by atoms with Crippen LogP contribution in [0.3, 0.4) is 0 Å². The second kappa shape index (κ2) is 2.78. The van der Waals surface area contributed by atoms with Gasteiger partial charge in [0.2, 0.25) is 0 Å². The van der Waals surface area contributed by atoms with Crippen molar-refractivity contribution < 1.29 is 14.4 Å². The minimum Gasteiger partial charge on any atom is -0.322 e. The van der Waals surface area contributed by atoms with Gasteiger partial charge in [-0.2, -0.15) is 0 Å². The summed E-state index contributed by atoms with van der Waals surface area (Å²) < 4.78 is 9.94. The fourth-order valence-electron chi connectivity index (χ4n) is 0.206. The van der Waals surface area contributed by atoms with Gasteiger partial charge in [0.1, 0.15) is 0 Å². The zero-order valence-corrected chi connectivity index (χ0v) is 5.85. The highest BCUT2D eigenvalue weighted by molar-refractivity contribution is 8.19. The second-order valence-electron chi connectivity index (χ2n) is 1.06. The highest BCUT2D eigenvalue weighted by atomic mass is 32.1. The molecule has 0 amide bonds. The normalized spacial score (nSPS) is 13.6. The Morgan fingerprint density at radius 2 is 2.14 bits per heavy atom. The average Bonchev–Trinajstić information content (AvgIpc) is 1.30. The molecule has 0 aromatic heterocycles. The fourth-order valence-corrected chi connectivity index (χ4v) is 1.85. The van der Waals surface area contributed by atoms with Crippen LogP contribution in [0, 0.1) is 0 Å². The molecule has 5 heteroatoms. The Labute approximate surface area is 44.0 Å². The van der Waals surface area contributed by atoms with E-state index >= 15 is 0 Å². The van der Waals surface area contributed by atoms with Gasteiger partial charge in [-0.25, -0.2) is 0 Å². The van der Waals surface area contributed by atoms with Crippen molar-refractivity contribution in [1.82, 2.24) is 0 Å². The highest BCUT2D eigenvalue weighted by Gasteiger charge is 2.08. The van der Waals surface area contributed by atoms with Crippen molar-refractivity contribution in [2.75, 3.05) is 6.16 Å². The molecule has 2 N–H and O–H groups in total. The molecule has 0 rings (SSSR count). The van der Waals surface area contributed by atoms with Gasteiger partial charge >= 0.3 is 7.28 Å². The van der Waals surface area contributed by atoms with Crippen LogP contribution in [-0.2, 0) is 4.57 Å². The Balaban J connectivity index is 3.36. The lowest BCUT2D eigenvalue weighted by Crippen LogP contribution is -1.65. The highest BCUT2D eigenvalue weighted by Crippen LogP contribution is 2.55. The van der Waals surface area contributed by atoms with Crippen molar-refractivity contribution in [1.29, 1.82) is 0 Å². The molecular formula is C2H8O3P2. The summed E-state index contributed by atoms with van der Waals surface area (Å²) in [5.41, 5.74) is 0. The van der Waals surface area contributed by atoms with Gasteiger partial charge in [0.15, 0.2) is 0 Å². The molecule has 0 aliphatic rings. The van der Waals surface area contributed by atoms with E-state index in [1.807, 2.05) is 0 Å². The first-order valence-corrected chi connectivity index (χ1v) is 5.53. The molecular weight excluding hydrogens is 134 g/mol. The van der Waals surface area contributed by atoms with Gasteiger partial charge in [-0.1, -0.05) is 6.92 Å². The Morgan fingerprint density at radius 1 is 1.71 bits per heavy atom. The zero-order valence-electron chi connectivity index (χ0n) is 3.96. The second-order valence-corrected chi connectivity index (χ2v) is 5.86. The number of hydrogen-bond acceptors (Lipinski definition) is 1. The van der Waals surface area contributed by atoms with Crippen LogP contribution in [0.5, 0.6) is 0 Å². The molecule has 0 aliphatic carbocycles. The predicted molar refractivity (Wildman–Crippen MR) is 30.9 cm³/mol. The standard InChI is InChI=1S/C2H8O3P2/c1-2-6-7(3,4)5/h6H,2H2,1H3,(H2,3,4,5). The molecule has 1 atom stereocenters. The summed E-state index contributed by atoms with van der Waals surface area (Å²) in [5.74, 6) is 0. The molecule has 0 saturated heterocycles. The van der Waals surface area contributed by atoms with Crippen LogP contribution in [0.4, 0.5) is 0 Å². The molecule has 0 spiro atoms. The van der Waals surface area contributed by atoms with E-state index in [2.05, 4.69) is 0 Å². The van der Waals surface area contributed by atoms with E-state index < -0.39 is 7.28 Å². The first-order chi connectivity index (χ1) is 3.06. The van der Waals surface area contributed by atoms with E-state index in [1.54, 1.807) is 6.92 Å².